The van der Waals surface area contributed by atoms with Crippen LogP contribution in [0.4, 0.5) is 0 Å². The van der Waals surface area contributed by atoms with Crippen LogP contribution in [0.2, 0.25) is 0 Å². The molecule has 1 aromatic carbocycles. The van der Waals surface area contributed by atoms with Gasteiger partial charge in [0.15, 0.2) is 0 Å². The fraction of sp³-hybridized carbons (Fsp3) is 0.385. The van der Waals surface area contributed by atoms with Gasteiger partial charge in [-0.1, -0.05) is 17.7 Å². The molecule has 0 aliphatic carbocycles. The SMILES string of the molecule is COC(=O)[C@H](CSc1cccc(C)c1)NC(C)=O. The van der Waals surface area contributed by atoms with Crippen molar-refractivity contribution in [3.05, 3.63) is 29.8 Å². The molecule has 0 heterocycles. The Morgan fingerprint density at radius 2 is 2.17 bits per heavy atom. The molecule has 18 heavy (non-hydrogen) atoms. The molecule has 1 atom stereocenters. The zero-order chi connectivity index (χ0) is 13.5. The summed E-state index contributed by atoms with van der Waals surface area (Å²) in [6.07, 6.45) is 0. The number of carbonyl (C=O) groups excluding carboxylic acids is 2. The first-order valence-electron chi connectivity index (χ1n) is 5.57. The summed E-state index contributed by atoms with van der Waals surface area (Å²) < 4.78 is 4.66. The number of amides is 1. The average molecular weight is 267 g/mol. The van der Waals surface area contributed by atoms with Crippen molar-refractivity contribution in [2.75, 3.05) is 12.9 Å². The zero-order valence-corrected chi connectivity index (χ0v) is 11.5. The fourth-order valence-electron chi connectivity index (χ4n) is 1.44. The average Bonchev–Trinajstić information content (AvgIpc) is 2.33. The van der Waals surface area contributed by atoms with E-state index in [1.54, 1.807) is 0 Å². The third-order valence-corrected chi connectivity index (χ3v) is 3.36. The van der Waals surface area contributed by atoms with Gasteiger partial charge in [0.25, 0.3) is 0 Å². The quantitative estimate of drug-likeness (QED) is 0.652. The van der Waals surface area contributed by atoms with Crippen molar-refractivity contribution in [1.29, 1.82) is 0 Å². The van der Waals surface area contributed by atoms with E-state index in [9.17, 15) is 9.59 Å². The maximum Gasteiger partial charge on any atom is 0.329 e. The molecular formula is C13H17NO3S. The first-order chi connectivity index (χ1) is 8.52. The number of ether oxygens (including phenoxy) is 1. The summed E-state index contributed by atoms with van der Waals surface area (Å²) in [5.74, 6) is -0.212. The van der Waals surface area contributed by atoms with E-state index in [-0.39, 0.29) is 5.91 Å². The number of benzene rings is 1. The van der Waals surface area contributed by atoms with Gasteiger partial charge in [0, 0.05) is 17.6 Å². The number of thioether (sulfide) groups is 1. The Kier molecular flexibility index (Phi) is 5.71. The van der Waals surface area contributed by atoms with Gasteiger partial charge in [0.1, 0.15) is 6.04 Å². The Morgan fingerprint density at radius 1 is 1.44 bits per heavy atom. The Labute approximate surface area is 111 Å². The van der Waals surface area contributed by atoms with Crippen molar-refractivity contribution in [3.63, 3.8) is 0 Å². The van der Waals surface area contributed by atoms with Crippen molar-refractivity contribution in [3.8, 4) is 0 Å². The summed E-state index contributed by atoms with van der Waals surface area (Å²) in [6, 6.07) is 7.36. The third-order valence-electron chi connectivity index (χ3n) is 2.27. The molecule has 0 radical (unpaired) electrons. The summed E-state index contributed by atoms with van der Waals surface area (Å²) in [4.78, 5) is 23.6. The van der Waals surface area contributed by atoms with Crippen molar-refractivity contribution >= 4 is 23.6 Å². The second kappa shape index (κ2) is 7.06. The van der Waals surface area contributed by atoms with Gasteiger partial charge in [-0.2, -0.15) is 0 Å². The third kappa shape index (κ3) is 4.79. The summed E-state index contributed by atoms with van der Waals surface area (Å²) in [6.45, 7) is 3.39. The Balaban J connectivity index is 2.61. The number of hydrogen-bond acceptors (Lipinski definition) is 4. The van der Waals surface area contributed by atoms with Crippen LogP contribution in [0.5, 0.6) is 0 Å². The largest absolute Gasteiger partial charge is 0.467 e. The van der Waals surface area contributed by atoms with E-state index in [2.05, 4.69) is 10.1 Å². The minimum absolute atomic E-state index is 0.241. The zero-order valence-electron chi connectivity index (χ0n) is 10.7. The van der Waals surface area contributed by atoms with Gasteiger partial charge in [0.2, 0.25) is 5.91 Å². The first kappa shape index (κ1) is 14.6. The standard InChI is InChI=1S/C13H17NO3S/c1-9-5-4-6-11(7-9)18-8-12(13(16)17-3)14-10(2)15/h4-7,12H,8H2,1-3H3,(H,14,15)/t12-/m0/s1. The Hall–Kier alpha value is -1.49. The van der Waals surface area contributed by atoms with Gasteiger partial charge in [-0.15, -0.1) is 11.8 Å². The highest BCUT2D eigenvalue weighted by Crippen LogP contribution is 2.20. The Bertz CT molecular complexity index is 434. The van der Waals surface area contributed by atoms with Crippen LogP contribution in [0.15, 0.2) is 29.2 Å². The minimum atomic E-state index is -0.613. The van der Waals surface area contributed by atoms with Crippen molar-refractivity contribution < 1.29 is 14.3 Å². The van der Waals surface area contributed by atoms with Gasteiger partial charge in [-0.25, -0.2) is 4.79 Å². The van der Waals surface area contributed by atoms with Gasteiger partial charge >= 0.3 is 5.97 Å². The molecule has 0 fully saturated rings. The lowest BCUT2D eigenvalue weighted by Crippen LogP contribution is -2.42. The van der Waals surface area contributed by atoms with Gasteiger partial charge in [-0.05, 0) is 19.1 Å². The number of rotatable bonds is 5. The number of hydrogen-bond donors (Lipinski definition) is 1. The van der Waals surface area contributed by atoms with Crippen LogP contribution in [-0.4, -0.2) is 30.8 Å². The van der Waals surface area contributed by atoms with Gasteiger partial charge in [-0.3, -0.25) is 4.79 Å². The van der Waals surface area contributed by atoms with Crippen LogP contribution in [0.1, 0.15) is 12.5 Å². The summed E-state index contributed by atoms with van der Waals surface area (Å²) >= 11 is 1.51. The van der Waals surface area contributed by atoms with Crippen LogP contribution >= 0.6 is 11.8 Å². The predicted octanol–water partition coefficient (Wildman–Crippen LogP) is 1.76. The Morgan fingerprint density at radius 3 is 2.72 bits per heavy atom. The maximum atomic E-state index is 11.5. The van der Waals surface area contributed by atoms with Crippen LogP contribution in [0, 0.1) is 6.92 Å². The maximum absolute atomic E-state index is 11.5. The van der Waals surface area contributed by atoms with E-state index in [4.69, 9.17) is 0 Å². The molecule has 0 aliphatic heterocycles. The van der Waals surface area contributed by atoms with Crippen LogP contribution < -0.4 is 5.32 Å². The van der Waals surface area contributed by atoms with Crippen molar-refractivity contribution in [2.45, 2.75) is 24.8 Å². The minimum Gasteiger partial charge on any atom is -0.467 e. The van der Waals surface area contributed by atoms with Crippen molar-refractivity contribution in [1.82, 2.24) is 5.32 Å². The first-order valence-corrected chi connectivity index (χ1v) is 6.56. The van der Waals surface area contributed by atoms with Crippen molar-refractivity contribution in [2.24, 2.45) is 0 Å². The number of aryl methyl sites for hydroxylation is 1. The van der Waals surface area contributed by atoms with Gasteiger partial charge < -0.3 is 10.1 Å². The molecule has 0 spiro atoms. The normalized spacial score (nSPS) is 11.7. The molecule has 0 unspecified atom stereocenters. The molecule has 0 aliphatic rings. The topological polar surface area (TPSA) is 55.4 Å². The molecule has 1 N–H and O–H groups in total. The lowest BCUT2D eigenvalue weighted by molar-refractivity contribution is -0.144. The molecule has 1 amide bonds. The molecule has 98 valence electrons. The smallest absolute Gasteiger partial charge is 0.329 e. The number of methoxy groups -OCH3 is 1. The van der Waals surface area contributed by atoms with E-state index in [1.807, 2.05) is 31.2 Å². The molecule has 0 saturated heterocycles. The second-order valence-electron chi connectivity index (χ2n) is 3.90. The second-order valence-corrected chi connectivity index (χ2v) is 5.00. The molecule has 0 saturated carbocycles. The highest BCUT2D eigenvalue weighted by Gasteiger charge is 2.20. The molecule has 0 aromatic heterocycles. The van der Waals surface area contributed by atoms with Crippen LogP contribution in [0.3, 0.4) is 0 Å². The molecule has 4 nitrogen and oxygen atoms in total. The van der Waals surface area contributed by atoms with Gasteiger partial charge in [0.05, 0.1) is 7.11 Å². The monoisotopic (exact) mass is 267 g/mol. The molecule has 1 rings (SSSR count). The number of carbonyl (C=O) groups is 2. The fourth-order valence-corrected chi connectivity index (χ4v) is 2.46. The summed E-state index contributed by atoms with van der Waals surface area (Å²) in [7, 11) is 1.31. The molecule has 1 aromatic rings. The van der Waals surface area contributed by atoms with E-state index in [0.29, 0.717) is 5.75 Å². The van der Waals surface area contributed by atoms with E-state index in [1.165, 1.54) is 25.8 Å². The molecule has 5 heteroatoms. The van der Waals surface area contributed by atoms with E-state index in [0.717, 1.165) is 10.5 Å². The highest BCUT2D eigenvalue weighted by atomic mass is 32.2. The lowest BCUT2D eigenvalue weighted by Gasteiger charge is -2.15. The predicted molar refractivity (Wildman–Crippen MR) is 71.5 cm³/mol. The lowest BCUT2D eigenvalue weighted by atomic mass is 10.2. The number of nitrogens with one attached hydrogen (secondary N) is 1. The summed E-state index contributed by atoms with van der Waals surface area (Å²) in [5.41, 5.74) is 1.16. The molecular weight excluding hydrogens is 250 g/mol. The van der Waals surface area contributed by atoms with Crippen LogP contribution in [-0.2, 0) is 14.3 Å². The summed E-state index contributed by atoms with van der Waals surface area (Å²) in [5, 5.41) is 2.58. The van der Waals surface area contributed by atoms with E-state index >= 15 is 0 Å². The van der Waals surface area contributed by atoms with Crippen LogP contribution in [0.25, 0.3) is 0 Å². The highest BCUT2D eigenvalue weighted by molar-refractivity contribution is 7.99. The number of esters is 1. The molecule has 0 bridgehead atoms. The van der Waals surface area contributed by atoms with E-state index < -0.39 is 12.0 Å².